The number of amides is 1. The Bertz CT molecular complexity index is 888. The van der Waals surface area contributed by atoms with E-state index in [-0.39, 0.29) is 13.0 Å². The van der Waals surface area contributed by atoms with Crippen LogP contribution >= 0.6 is 11.3 Å². The first-order valence-corrected chi connectivity index (χ1v) is 10.7. The molecule has 0 unspecified atom stereocenters. The number of anilines is 1. The molecule has 0 saturated carbocycles. The summed E-state index contributed by atoms with van der Waals surface area (Å²) in [6.07, 6.45) is 0.690. The fourth-order valence-corrected chi connectivity index (χ4v) is 4.06. The largest absolute Gasteiger partial charge is 0.494 e. The molecule has 2 aromatic rings. The molecule has 30 heavy (non-hydrogen) atoms. The van der Waals surface area contributed by atoms with E-state index in [1.54, 1.807) is 31.2 Å². The zero-order valence-electron chi connectivity index (χ0n) is 17.7. The second kappa shape index (κ2) is 11.3. The first kappa shape index (κ1) is 23.4. The van der Waals surface area contributed by atoms with Crippen LogP contribution in [0, 0.1) is 6.92 Å². The fraction of sp³-hybridized carbons (Fsp3) is 0.409. The number of nitrogens with one attached hydrogen (secondary N) is 1. The molecule has 0 bridgehead atoms. The van der Waals surface area contributed by atoms with Crippen molar-refractivity contribution in [1.29, 1.82) is 0 Å². The van der Waals surface area contributed by atoms with Crippen molar-refractivity contribution < 1.29 is 28.6 Å². The van der Waals surface area contributed by atoms with Gasteiger partial charge in [-0.15, -0.1) is 11.3 Å². The Labute approximate surface area is 180 Å². The van der Waals surface area contributed by atoms with Crippen LogP contribution in [-0.2, 0) is 31.9 Å². The van der Waals surface area contributed by atoms with E-state index in [2.05, 4.69) is 5.32 Å². The van der Waals surface area contributed by atoms with Crippen molar-refractivity contribution in [3.05, 3.63) is 45.8 Å². The lowest BCUT2D eigenvalue weighted by atomic mass is 10.1. The third-order valence-electron chi connectivity index (χ3n) is 4.24. The lowest BCUT2D eigenvalue weighted by Crippen LogP contribution is -2.22. The van der Waals surface area contributed by atoms with Crippen molar-refractivity contribution in [2.45, 2.75) is 40.5 Å². The molecule has 2 rings (SSSR count). The van der Waals surface area contributed by atoms with Crippen LogP contribution in [0.15, 0.2) is 24.3 Å². The van der Waals surface area contributed by atoms with E-state index >= 15 is 0 Å². The molecule has 0 radical (unpaired) electrons. The Morgan fingerprint density at radius 1 is 1.00 bits per heavy atom. The number of carbonyl (C=O) groups excluding carboxylic acids is 3. The predicted molar refractivity (Wildman–Crippen MR) is 115 cm³/mol. The molecule has 1 aromatic heterocycles. The Morgan fingerprint density at radius 3 is 2.30 bits per heavy atom. The molecule has 0 aliphatic rings. The number of rotatable bonds is 10. The van der Waals surface area contributed by atoms with Gasteiger partial charge in [0.1, 0.15) is 10.8 Å². The molecule has 7 nitrogen and oxygen atoms in total. The van der Waals surface area contributed by atoms with Gasteiger partial charge in [0.25, 0.3) is 5.91 Å². The van der Waals surface area contributed by atoms with Crippen LogP contribution in [0.3, 0.4) is 0 Å². The third-order valence-corrected chi connectivity index (χ3v) is 5.30. The summed E-state index contributed by atoms with van der Waals surface area (Å²) in [5, 5.41) is 3.08. The van der Waals surface area contributed by atoms with Crippen LogP contribution in [-0.4, -0.2) is 37.7 Å². The zero-order valence-corrected chi connectivity index (χ0v) is 18.5. The molecule has 0 atom stereocenters. The first-order valence-electron chi connectivity index (χ1n) is 9.86. The number of carbonyl (C=O) groups is 3. The minimum Gasteiger partial charge on any atom is -0.494 e. The van der Waals surface area contributed by atoms with Gasteiger partial charge in [-0.3, -0.25) is 9.59 Å². The molecule has 162 valence electrons. The maximum absolute atomic E-state index is 12.3. The van der Waals surface area contributed by atoms with E-state index in [0.717, 1.165) is 21.8 Å². The van der Waals surface area contributed by atoms with Gasteiger partial charge < -0.3 is 19.5 Å². The minimum absolute atomic E-state index is 0.0475. The number of hydrogen-bond donors (Lipinski definition) is 1. The molecule has 1 heterocycles. The highest BCUT2D eigenvalue weighted by Gasteiger charge is 2.23. The summed E-state index contributed by atoms with van der Waals surface area (Å²) in [5.41, 5.74) is 1.98. The summed E-state index contributed by atoms with van der Waals surface area (Å²) in [6.45, 7) is 7.82. The van der Waals surface area contributed by atoms with Crippen molar-refractivity contribution in [2.75, 3.05) is 25.1 Å². The molecular weight excluding hydrogens is 406 g/mol. The standard InChI is InChI=1S/C22H27NO6S/c1-5-17-14(4)30-21(20(17)22(26)28-7-3)23-18(24)13-29-19(25)12-15-8-10-16(11-9-15)27-6-2/h8-11H,5-7,12-13H2,1-4H3,(H,23,24). The lowest BCUT2D eigenvalue weighted by molar-refractivity contribution is -0.146. The van der Waals surface area contributed by atoms with E-state index in [0.29, 0.717) is 23.6 Å². The highest BCUT2D eigenvalue weighted by atomic mass is 32.1. The summed E-state index contributed by atoms with van der Waals surface area (Å²) in [4.78, 5) is 37.6. The lowest BCUT2D eigenvalue weighted by Gasteiger charge is -2.09. The Kier molecular flexibility index (Phi) is 8.86. The Morgan fingerprint density at radius 2 is 1.70 bits per heavy atom. The number of benzene rings is 1. The van der Waals surface area contributed by atoms with E-state index in [1.807, 2.05) is 20.8 Å². The van der Waals surface area contributed by atoms with Gasteiger partial charge in [0, 0.05) is 4.88 Å². The average molecular weight is 434 g/mol. The van der Waals surface area contributed by atoms with Crippen molar-refractivity contribution in [1.82, 2.24) is 0 Å². The van der Waals surface area contributed by atoms with Gasteiger partial charge in [-0.2, -0.15) is 0 Å². The molecule has 1 aromatic carbocycles. The van der Waals surface area contributed by atoms with Crippen LogP contribution < -0.4 is 10.1 Å². The summed E-state index contributed by atoms with van der Waals surface area (Å²) in [6, 6.07) is 7.11. The molecule has 1 N–H and O–H groups in total. The van der Waals surface area contributed by atoms with Crippen molar-refractivity contribution in [3.8, 4) is 5.75 Å². The van der Waals surface area contributed by atoms with Gasteiger partial charge in [0.2, 0.25) is 0 Å². The quantitative estimate of drug-likeness (QED) is 0.571. The van der Waals surface area contributed by atoms with Gasteiger partial charge in [-0.05, 0) is 50.5 Å². The minimum atomic E-state index is -0.517. The molecule has 1 amide bonds. The van der Waals surface area contributed by atoms with Crippen molar-refractivity contribution in [2.24, 2.45) is 0 Å². The predicted octanol–water partition coefficient (Wildman–Crippen LogP) is 3.92. The van der Waals surface area contributed by atoms with E-state index in [4.69, 9.17) is 14.2 Å². The van der Waals surface area contributed by atoms with Crippen LogP contribution in [0.2, 0.25) is 0 Å². The van der Waals surface area contributed by atoms with Gasteiger partial charge in [0.15, 0.2) is 6.61 Å². The molecule has 0 fully saturated rings. The molecule has 8 heteroatoms. The Hall–Kier alpha value is -2.87. The summed E-state index contributed by atoms with van der Waals surface area (Å²) in [5.74, 6) is -0.772. The number of esters is 2. The van der Waals surface area contributed by atoms with Crippen molar-refractivity contribution in [3.63, 3.8) is 0 Å². The highest BCUT2D eigenvalue weighted by Crippen LogP contribution is 2.34. The monoisotopic (exact) mass is 433 g/mol. The van der Waals surface area contributed by atoms with Crippen LogP contribution in [0.4, 0.5) is 5.00 Å². The summed E-state index contributed by atoms with van der Waals surface area (Å²) >= 11 is 1.31. The summed E-state index contributed by atoms with van der Waals surface area (Å²) < 4.78 is 15.6. The van der Waals surface area contributed by atoms with Crippen LogP contribution in [0.1, 0.15) is 47.1 Å². The zero-order chi connectivity index (χ0) is 22.1. The van der Waals surface area contributed by atoms with Gasteiger partial charge >= 0.3 is 11.9 Å². The van der Waals surface area contributed by atoms with E-state index < -0.39 is 24.5 Å². The maximum Gasteiger partial charge on any atom is 0.341 e. The highest BCUT2D eigenvalue weighted by molar-refractivity contribution is 7.16. The second-order valence-electron chi connectivity index (χ2n) is 6.38. The fourth-order valence-electron chi connectivity index (χ4n) is 2.91. The number of aryl methyl sites for hydroxylation is 1. The normalized spacial score (nSPS) is 10.4. The SMILES string of the molecule is CCOC(=O)c1c(NC(=O)COC(=O)Cc2ccc(OCC)cc2)sc(C)c1CC. The summed E-state index contributed by atoms with van der Waals surface area (Å²) in [7, 11) is 0. The smallest absolute Gasteiger partial charge is 0.341 e. The Balaban J connectivity index is 1.94. The topological polar surface area (TPSA) is 90.9 Å². The van der Waals surface area contributed by atoms with Crippen LogP contribution in [0.25, 0.3) is 0 Å². The molecule has 0 spiro atoms. The second-order valence-corrected chi connectivity index (χ2v) is 7.60. The third kappa shape index (κ3) is 6.32. The van der Waals surface area contributed by atoms with E-state index in [1.165, 1.54) is 11.3 Å². The van der Waals surface area contributed by atoms with E-state index in [9.17, 15) is 14.4 Å². The van der Waals surface area contributed by atoms with Gasteiger partial charge in [-0.1, -0.05) is 19.1 Å². The van der Waals surface area contributed by atoms with Gasteiger partial charge in [0.05, 0.1) is 25.2 Å². The molecule has 0 aliphatic carbocycles. The molecular formula is C22H27NO6S. The maximum atomic E-state index is 12.3. The number of ether oxygens (including phenoxy) is 3. The van der Waals surface area contributed by atoms with Crippen molar-refractivity contribution >= 4 is 34.2 Å². The average Bonchev–Trinajstić information content (AvgIpc) is 3.03. The first-order chi connectivity index (χ1) is 14.4. The number of hydrogen-bond acceptors (Lipinski definition) is 7. The van der Waals surface area contributed by atoms with Crippen LogP contribution in [0.5, 0.6) is 5.75 Å². The number of thiophene rings is 1. The molecule has 0 aliphatic heterocycles. The van der Waals surface area contributed by atoms with Gasteiger partial charge in [-0.25, -0.2) is 4.79 Å². The molecule has 0 saturated heterocycles.